The molecule has 0 radical (unpaired) electrons. The van der Waals surface area contributed by atoms with Crippen LogP contribution in [0.2, 0.25) is 0 Å². The van der Waals surface area contributed by atoms with E-state index in [2.05, 4.69) is 29.6 Å². The first-order chi connectivity index (χ1) is 9.08. The molecule has 4 nitrogen and oxygen atoms in total. The Balaban J connectivity index is 1.89. The zero-order chi connectivity index (χ0) is 14.0. The van der Waals surface area contributed by atoms with E-state index < -0.39 is 9.15 Å². The summed E-state index contributed by atoms with van der Waals surface area (Å²) in [5.74, 6) is 0.378. The van der Waals surface area contributed by atoms with Crippen molar-refractivity contribution in [3.05, 3.63) is 35.9 Å². The van der Waals surface area contributed by atoms with Crippen LogP contribution in [-0.4, -0.2) is 31.8 Å². The van der Waals surface area contributed by atoms with Gasteiger partial charge in [0.25, 0.3) is 0 Å². The highest BCUT2D eigenvalue weighted by Gasteiger charge is 2.03. The molecule has 1 rings (SSSR count). The summed E-state index contributed by atoms with van der Waals surface area (Å²) in [7, 11) is -3.32. The molecule has 0 aliphatic rings. The Hall–Kier alpha value is -0.560. The fraction of sp³-hybridized carbons (Fsp3) is 0.538. The molecule has 0 aliphatic heterocycles. The van der Waals surface area contributed by atoms with Crippen molar-refractivity contribution in [3.8, 4) is 0 Å². The molecular formula is C13H21NO3S2. The van der Waals surface area contributed by atoms with Crippen molar-refractivity contribution in [2.45, 2.75) is 25.7 Å². The largest absolute Gasteiger partial charge is 0.319 e. The van der Waals surface area contributed by atoms with Crippen molar-refractivity contribution >= 4 is 19.9 Å². The average molecular weight is 303 g/mol. The van der Waals surface area contributed by atoms with Crippen molar-refractivity contribution < 1.29 is 13.0 Å². The van der Waals surface area contributed by atoms with Crippen LogP contribution in [0.1, 0.15) is 24.8 Å². The lowest BCUT2D eigenvalue weighted by Crippen LogP contribution is -2.19. The first-order valence-corrected chi connectivity index (χ1v) is 9.39. The Labute approximate surface area is 119 Å². The molecular weight excluding hydrogens is 282 g/mol. The standard InChI is InChI=1S/C13H21NO3S2/c15-19(16,17)18-12-11-14-10-6-2-5-9-13-7-3-1-4-8-13/h1,3-4,7-8,14H,2,5-6,9-12H2,(H,15,16,17). The zero-order valence-electron chi connectivity index (χ0n) is 10.9. The summed E-state index contributed by atoms with van der Waals surface area (Å²) in [6.07, 6.45) is 4.53. The van der Waals surface area contributed by atoms with Gasteiger partial charge >= 0.3 is 9.15 Å². The lowest BCUT2D eigenvalue weighted by molar-refractivity contribution is 0.503. The van der Waals surface area contributed by atoms with E-state index in [0.29, 0.717) is 23.1 Å². The highest BCUT2D eigenvalue weighted by molar-refractivity contribution is 8.69. The van der Waals surface area contributed by atoms with Gasteiger partial charge in [0, 0.05) is 12.3 Å². The lowest BCUT2D eigenvalue weighted by atomic mass is 10.1. The summed E-state index contributed by atoms with van der Waals surface area (Å²) in [4.78, 5) is 0. The van der Waals surface area contributed by atoms with E-state index in [0.717, 1.165) is 25.8 Å². The number of hydrogen-bond acceptors (Lipinski definition) is 4. The summed E-state index contributed by atoms with van der Waals surface area (Å²) >= 11 is 0. The fourth-order valence-electron chi connectivity index (χ4n) is 1.74. The number of nitrogens with one attached hydrogen (secondary N) is 1. The van der Waals surface area contributed by atoms with Crippen LogP contribution in [0.3, 0.4) is 0 Å². The molecule has 0 atom stereocenters. The Morgan fingerprint density at radius 3 is 2.47 bits per heavy atom. The predicted octanol–water partition coefficient (Wildman–Crippen LogP) is 2.53. The molecule has 108 valence electrons. The van der Waals surface area contributed by atoms with E-state index in [1.165, 1.54) is 12.0 Å². The van der Waals surface area contributed by atoms with Crippen LogP contribution >= 0.6 is 10.8 Å². The van der Waals surface area contributed by atoms with Crippen molar-refractivity contribution in [2.24, 2.45) is 0 Å². The number of hydrogen-bond donors (Lipinski definition) is 2. The molecule has 2 N–H and O–H groups in total. The van der Waals surface area contributed by atoms with Gasteiger partial charge in [0.1, 0.15) is 0 Å². The predicted molar refractivity (Wildman–Crippen MR) is 80.9 cm³/mol. The molecule has 0 aromatic heterocycles. The molecule has 6 heteroatoms. The van der Waals surface area contributed by atoms with Crippen molar-refractivity contribution in [2.75, 3.05) is 18.8 Å². The number of unbranched alkanes of at least 4 members (excludes halogenated alkanes) is 2. The van der Waals surface area contributed by atoms with E-state index >= 15 is 0 Å². The van der Waals surface area contributed by atoms with Gasteiger partial charge in [-0.3, -0.25) is 4.55 Å². The van der Waals surface area contributed by atoms with E-state index in [9.17, 15) is 8.42 Å². The molecule has 0 spiro atoms. The normalized spacial score (nSPS) is 11.6. The summed E-state index contributed by atoms with van der Waals surface area (Å²) in [5.41, 5.74) is 1.38. The molecule has 0 amide bonds. The topological polar surface area (TPSA) is 66.4 Å². The highest BCUT2D eigenvalue weighted by Crippen LogP contribution is 2.07. The maximum Gasteiger partial charge on any atom is 0.319 e. The van der Waals surface area contributed by atoms with Crippen molar-refractivity contribution in [1.29, 1.82) is 0 Å². The van der Waals surface area contributed by atoms with E-state index in [1.54, 1.807) is 0 Å². The summed E-state index contributed by atoms with van der Waals surface area (Å²) < 4.78 is 29.4. The average Bonchev–Trinajstić information content (AvgIpc) is 2.37. The molecule has 0 unspecified atom stereocenters. The molecule has 19 heavy (non-hydrogen) atoms. The molecule has 1 aromatic carbocycles. The van der Waals surface area contributed by atoms with Gasteiger partial charge in [0.2, 0.25) is 0 Å². The number of benzene rings is 1. The van der Waals surface area contributed by atoms with Crippen LogP contribution in [0, 0.1) is 0 Å². The minimum absolute atomic E-state index is 0.378. The van der Waals surface area contributed by atoms with Crippen LogP contribution < -0.4 is 5.32 Å². The molecule has 0 heterocycles. The third-order valence-electron chi connectivity index (χ3n) is 2.67. The minimum atomic E-state index is -3.88. The Kier molecular flexibility index (Phi) is 8.13. The van der Waals surface area contributed by atoms with Crippen LogP contribution in [-0.2, 0) is 15.6 Å². The first-order valence-electron chi connectivity index (χ1n) is 6.44. The van der Waals surface area contributed by atoms with Gasteiger partial charge in [-0.15, -0.1) is 0 Å². The maximum atomic E-state index is 10.4. The maximum absolute atomic E-state index is 10.4. The molecule has 0 fully saturated rings. The van der Waals surface area contributed by atoms with Gasteiger partial charge in [-0.05, 0) is 42.2 Å². The van der Waals surface area contributed by atoms with E-state index in [-0.39, 0.29) is 0 Å². The Morgan fingerprint density at radius 1 is 1.05 bits per heavy atom. The number of aryl methyl sites for hydroxylation is 1. The second kappa shape index (κ2) is 9.36. The quantitative estimate of drug-likeness (QED) is 0.395. The fourth-order valence-corrected chi connectivity index (χ4v) is 3.06. The molecule has 0 saturated carbocycles. The van der Waals surface area contributed by atoms with Crippen LogP contribution in [0.4, 0.5) is 0 Å². The van der Waals surface area contributed by atoms with Crippen LogP contribution in [0.5, 0.6) is 0 Å². The molecule has 0 saturated heterocycles. The highest BCUT2D eigenvalue weighted by atomic mass is 33.1. The monoisotopic (exact) mass is 303 g/mol. The molecule has 0 aliphatic carbocycles. The van der Waals surface area contributed by atoms with Crippen LogP contribution in [0.25, 0.3) is 0 Å². The zero-order valence-corrected chi connectivity index (χ0v) is 12.5. The van der Waals surface area contributed by atoms with Crippen molar-refractivity contribution in [3.63, 3.8) is 0 Å². The molecule has 0 bridgehead atoms. The SMILES string of the molecule is O=S(=O)(O)SCCNCCCCCc1ccccc1. The first kappa shape index (κ1) is 16.5. The smallest absolute Gasteiger partial charge is 0.316 e. The van der Waals surface area contributed by atoms with Gasteiger partial charge in [-0.2, -0.15) is 8.42 Å². The third-order valence-corrected chi connectivity index (χ3v) is 4.74. The Morgan fingerprint density at radius 2 is 1.79 bits per heavy atom. The summed E-state index contributed by atoms with van der Waals surface area (Å²) in [5, 5.41) is 3.16. The van der Waals surface area contributed by atoms with Crippen molar-refractivity contribution in [1.82, 2.24) is 5.32 Å². The summed E-state index contributed by atoms with van der Waals surface area (Å²) in [6, 6.07) is 10.4. The Bertz CT molecular complexity index is 434. The lowest BCUT2D eigenvalue weighted by Gasteiger charge is -2.04. The van der Waals surface area contributed by atoms with Gasteiger partial charge in [0.05, 0.1) is 0 Å². The number of rotatable bonds is 10. The second-order valence-electron chi connectivity index (χ2n) is 4.30. The summed E-state index contributed by atoms with van der Waals surface area (Å²) in [6.45, 7) is 1.49. The van der Waals surface area contributed by atoms with E-state index in [1.807, 2.05) is 6.07 Å². The third kappa shape index (κ3) is 9.95. The van der Waals surface area contributed by atoms with Gasteiger partial charge in [0.15, 0.2) is 0 Å². The molecule has 1 aromatic rings. The van der Waals surface area contributed by atoms with Crippen LogP contribution in [0.15, 0.2) is 30.3 Å². The second-order valence-corrected chi connectivity index (χ2v) is 7.77. The van der Waals surface area contributed by atoms with E-state index in [4.69, 9.17) is 4.55 Å². The van der Waals surface area contributed by atoms with Gasteiger partial charge < -0.3 is 5.32 Å². The van der Waals surface area contributed by atoms with Gasteiger partial charge in [-0.25, -0.2) is 0 Å². The minimum Gasteiger partial charge on any atom is -0.316 e. The van der Waals surface area contributed by atoms with Gasteiger partial charge in [-0.1, -0.05) is 36.8 Å².